The van der Waals surface area contributed by atoms with E-state index in [1.165, 1.54) is 0 Å². The van der Waals surface area contributed by atoms with Crippen LogP contribution in [0.3, 0.4) is 0 Å². The van der Waals surface area contributed by atoms with Gasteiger partial charge in [-0.15, -0.1) is 0 Å². The minimum absolute atomic E-state index is 0.307. The van der Waals surface area contributed by atoms with Crippen molar-refractivity contribution in [3.05, 3.63) is 11.7 Å². The topological polar surface area (TPSA) is 75.3 Å². The number of nitrogens with one attached hydrogen (secondary N) is 2. The van der Waals surface area contributed by atoms with Crippen LogP contribution in [0.2, 0.25) is 0 Å². The molecule has 120 valence electrons. The number of rotatable bonds is 7. The molecule has 0 aromatic carbocycles. The summed E-state index contributed by atoms with van der Waals surface area (Å²) in [5.41, 5.74) is 0. The largest absolute Gasteiger partial charge is 0.356 e. The van der Waals surface area contributed by atoms with Crippen molar-refractivity contribution in [1.82, 2.24) is 20.8 Å². The smallest absolute Gasteiger partial charge is 0.226 e. The van der Waals surface area contributed by atoms with Gasteiger partial charge in [0, 0.05) is 32.0 Å². The standard InChI is InChI=1S/C15H29N5O/c1-10(2)12(5)18-15(16-6)17-9-7-8-13-19-14(11(3)4)20-21-13/h10-12H,7-9H2,1-6H3,(H2,16,17,18). The first kappa shape index (κ1) is 17.5. The molecule has 0 amide bonds. The van der Waals surface area contributed by atoms with Crippen molar-refractivity contribution in [2.45, 2.75) is 59.4 Å². The SMILES string of the molecule is CN=C(NCCCc1nc(C(C)C)no1)NC(C)C(C)C. The van der Waals surface area contributed by atoms with Crippen molar-refractivity contribution in [3.63, 3.8) is 0 Å². The van der Waals surface area contributed by atoms with Gasteiger partial charge in [0.1, 0.15) is 0 Å². The molecule has 6 heteroatoms. The molecular weight excluding hydrogens is 266 g/mol. The van der Waals surface area contributed by atoms with Gasteiger partial charge in [-0.3, -0.25) is 4.99 Å². The molecule has 1 heterocycles. The highest BCUT2D eigenvalue weighted by atomic mass is 16.5. The normalized spacial score (nSPS) is 13.8. The Morgan fingerprint density at radius 3 is 2.48 bits per heavy atom. The van der Waals surface area contributed by atoms with Crippen molar-refractivity contribution in [3.8, 4) is 0 Å². The van der Waals surface area contributed by atoms with Gasteiger partial charge in [0.05, 0.1) is 0 Å². The molecule has 1 unspecified atom stereocenters. The molecule has 0 bridgehead atoms. The fourth-order valence-corrected chi connectivity index (χ4v) is 1.63. The summed E-state index contributed by atoms with van der Waals surface area (Å²) in [6, 6.07) is 0.390. The first-order chi connectivity index (χ1) is 9.93. The first-order valence-corrected chi connectivity index (χ1v) is 7.73. The second-order valence-electron chi connectivity index (χ2n) is 5.98. The highest BCUT2D eigenvalue weighted by Crippen LogP contribution is 2.10. The summed E-state index contributed by atoms with van der Waals surface area (Å²) in [6.45, 7) is 11.5. The van der Waals surface area contributed by atoms with Gasteiger partial charge >= 0.3 is 0 Å². The van der Waals surface area contributed by atoms with Gasteiger partial charge in [0.15, 0.2) is 11.8 Å². The van der Waals surface area contributed by atoms with E-state index in [0.29, 0.717) is 23.8 Å². The van der Waals surface area contributed by atoms with Gasteiger partial charge in [-0.25, -0.2) is 0 Å². The van der Waals surface area contributed by atoms with Crippen LogP contribution in [0, 0.1) is 5.92 Å². The van der Waals surface area contributed by atoms with Crippen molar-refractivity contribution in [2.75, 3.05) is 13.6 Å². The van der Waals surface area contributed by atoms with Crippen molar-refractivity contribution < 1.29 is 4.52 Å². The van der Waals surface area contributed by atoms with E-state index in [1.54, 1.807) is 7.05 Å². The molecule has 1 aromatic heterocycles. The average Bonchev–Trinajstić information content (AvgIpc) is 2.90. The predicted molar refractivity (Wildman–Crippen MR) is 85.5 cm³/mol. The zero-order valence-corrected chi connectivity index (χ0v) is 14.1. The van der Waals surface area contributed by atoms with Crippen LogP contribution in [0.5, 0.6) is 0 Å². The van der Waals surface area contributed by atoms with Crippen LogP contribution in [0.15, 0.2) is 9.52 Å². The van der Waals surface area contributed by atoms with Crippen LogP contribution in [-0.2, 0) is 6.42 Å². The van der Waals surface area contributed by atoms with Gasteiger partial charge < -0.3 is 15.2 Å². The van der Waals surface area contributed by atoms with Crippen LogP contribution in [-0.4, -0.2) is 35.7 Å². The molecule has 0 fully saturated rings. The average molecular weight is 295 g/mol. The summed E-state index contributed by atoms with van der Waals surface area (Å²) < 4.78 is 5.22. The molecule has 0 aliphatic heterocycles. The quantitative estimate of drug-likeness (QED) is 0.459. The minimum atomic E-state index is 0.307. The molecule has 6 nitrogen and oxygen atoms in total. The fraction of sp³-hybridized carbons (Fsp3) is 0.800. The zero-order chi connectivity index (χ0) is 15.8. The number of aromatic nitrogens is 2. The van der Waals surface area contributed by atoms with Gasteiger partial charge in [0.25, 0.3) is 0 Å². The molecule has 1 atom stereocenters. The van der Waals surface area contributed by atoms with Crippen molar-refractivity contribution in [1.29, 1.82) is 0 Å². The Labute approximate surface area is 127 Å². The van der Waals surface area contributed by atoms with Crippen molar-refractivity contribution in [2.24, 2.45) is 10.9 Å². The number of hydrogen-bond donors (Lipinski definition) is 2. The highest BCUT2D eigenvalue weighted by Gasteiger charge is 2.10. The Morgan fingerprint density at radius 1 is 1.24 bits per heavy atom. The lowest BCUT2D eigenvalue weighted by Gasteiger charge is -2.20. The maximum atomic E-state index is 5.22. The second kappa shape index (κ2) is 8.64. The van der Waals surface area contributed by atoms with Crippen molar-refractivity contribution >= 4 is 5.96 Å². The van der Waals surface area contributed by atoms with E-state index in [-0.39, 0.29) is 0 Å². The maximum absolute atomic E-state index is 5.22. The van der Waals surface area contributed by atoms with Crippen LogP contribution in [0.4, 0.5) is 0 Å². The molecule has 2 N–H and O–H groups in total. The molecule has 0 spiro atoms. The molecule has 1 aromatic rings. The van der Waals surface area contributed by atoms with Crippen LogP contribution in [0.1, 0.15) is 58.7 Å². The molecule has 0 aliphatic carbocycles. The highest BCUT2D eigenvalue weighted by molar-refractivity contribution is 5.79. The number of aryl methyl sites for hydroxylation is 1. The van der Waals surface area contributed by atoms with E-state index in [0.717, 1.165) is 31.2 Å². The van der Waals surface area contributed by atoms with Gasteiger partial charge in [-0.2, -0.15) is 4.98 Å². The van der Waals surface area contributed by atoms with E-state index >= 15 is 0 Å². The third kappa shape index (κ3) is 6.14. The Hall–Kier alpha value is -1.59. The summed E-state index contributed by atoms with van der Waals surface area (Å²) >= 11 is 0. The summed E-state index contributed by atoms with van der Waals surface area (Å²) in [6.07, 6.45) is 1.71. The Bertz CT molecular complexity index is 439. The van der Waals surface area contributed by atoms with Gasteiger partial charge in [-0.1, -0.05) is 32.9 Å². The monoisotopic (exact) mass is 295 g/mol. The number of guanidine groups is 1. The third-order valence-corrected chi connectivity index (χ3v) is 3.45. The molecular formula is C15H29N5O. The summed E-state index contributed by atoms with van der Waals surface area (Å²) in [7, 11) is 1.79. The lowest BCUT2D eigenvalue weighted by Crippen LogP contribution is -2.44. The summed E-state index contributed by atoms with van der Waals surface area (Å²) in [4.78, 5) is 8.59. The third-order valence-electron chi connectivity index (χ3n) is 3.45. The fourth-order valence-electron chi connectivity index (χ4n) is 1.63. The zero-order valence-electron chi connectivity index (χ0n) is 14.1. The van der Waals surface area contributed by atoms with Crippen LogP contribution >= 0.6 is 0 Å². The van der Waals surface area contributed by atoms with E-state index < -0.39 is 0 Å². The number of nitrogens with zero attached hydrogens (tertiary/aromatic N) is 3. The van der Waals surface area contributed by atoms with E-state index in [4.69, 9.17) is 4.52 Å². The molecule has 0 aliphatic rings. The van der Waals surface area contributed by atoms with Gasteiger partial charge in [0.2, 0.25) is 5.89 Å². The Kier molecular flexibility index (Phi) is 7.19. The van der Waals surface area contributed by atoms with E-state index in [1.807, 2.05) is 0 Å². The molecule has 0 radical (unpaired) electrons. The molecule has 21 heavy (non-hydrogen) atoms. The van der Waals surface area contributed by atoms with Crippen LogP contribution in [0.25, 0.3) is 0 Å². The summed E-state index contributed by atoms with van der Waals surface area (Å²) in [5, 5.41) is 10.6. The molecule has 1 rings (SSSR count). The minimum Gasteiger partial charge on any atom is -0.356 e. The number of aliphatic imine (C=N–C) groups is 1. The Morgan fingerprint density at radius 2 is 1.95 bits per heavy atom. The van der Waals surface area contributed by atoms with E-state index in [2.05, 4.69) is 60.4 Å². The first-order valence-electron chi connectivity index (χ1n) is 7.73. The van der Waals surface area contributed by atoms with Gasteiger partial charge in [-0.05, 0) is 19.3 Å². The lowest BCUT2D eigenvalue weighted by atomic mass is 10.1. The maximum Gasteiger partial charge on any atom is 0.226 e. The Balaban J connectivity index is 2.28. The van der Waals surface area contributed by atoms with Crippen LogP contribution < -0.4 is 10.6 Å². The summed E-state index contributed by atoms with van der Waals surface area (Å²) in [5.74, 6) is 3.20. The predicted octanol–water partition coefficient (Wildman–Crippen LogP) is 2.34. The number of hydrogen-bond acceptors (Lipinski definition) is 4. The molecule has 0 saturated heterocycles. The van der Waals surface area contributed by atoms with E-state index in [9.17, 15) is 0 Å². The second-order valence-corrected chi connectivity index (χ2v) is 5.98. The lowest BCUT2D eigenvalue weighted by molar-refractivity contribution is 0.368. The molecule has 0 saturated carbocycles.